The summed E-state index contributed by atoms with van der Waals surface area (Å²) in [5.41, 5.74) is 6.70. The number of methoxy groups -OCH3 is 1. The summed E-state index contributed by atoms with van der Waals surface area (Å²) in [7, 11) is 5.79. The number of nitrogens with zero attached hydrogens (tertiary/aromatic N) is 2. The molecule has 0 saturated carbocycles. The Bertz CT molecular complexity index is 1400. The number of hydrogen-bond acceptors (Lipinski definition) is 4. The van der Waals surface area contributed by atoms with Gasteiger partial charge in [0.25, 0.3) is 0 Å². The highest BCUT2D eigenvalue weighted by molar-refractivity contribution is 6.30. The quantitative estimate of drug-likeness (QED) is 0.305. The first-order chi connectivity index (χ1) is 17.2. The van der Waals surface area contributed by atoms with Crippen molar-refractivity contribution in [3.63, 3.8) is 0 Å². The number of amides is 1. The van der Waals surface area contributed by atoms with Gasteiger partial charge in [-0.25, -0.2) is 4.98 Å². The molecule has 0 atom stereocenters. The Hall–Kier alpha value is -3.41. The molecule has 1 heterocycles. The van der Waals surface area contributed by atoms with Crippen molar-refractivity contribution in [2.45, 2.75) is 32.9 Å². The summed E-state index contributed by atoms with van der Waals surface area (Å²) in [6, 6.07) is 22.3. The van der Waals surface area contributed by atoms with Crippen LogP contribution in [0.15, 0.2) is 66.7 Å². The molecule has 0 aliphatic carbocycles. The molecule has 0 spiro atoms. The zero-order valence-corrected chi connectivity index (χ0v) is 22.2. The van der Waals surface area contributed by atoms with Gasteiger partial charge in [0.15, 0.2) is 0 Å². The van der Waals surface area contributed by atoms with Crippen molar-refractivity contribution >= 4 is 28.4 Å². The summed E-state index contributed by atoms with van der Waals surface area (Å²) in [4.78, 5) is 19.8. The molecule has 4 rings (SSSR count). The average molecular weight is 502 g/mol. The number of ether oxygens (including phenoxy) is 1. The maximum absolute atomic E-state index is 12.7. The summed E-state index contributed by atoms with van der Waals surface area (Å²) in [5, 5.41) is 4.60. The summed E-state index contributed by atoms with van der Waals surface area (Å²) >= 11 is 6.28. The van der Waals surface area contributed by atoms with Gasteiger partial charge in [0.1, 0.15) is 5.75 Å². The molecule has 4 aromatic rings. The molecule has 1 amide bonds. The fourth-order valence-corrected chi connectivity index (χ4v) is 4.56. The van der Waals surface area contributed by atoms with Crippen molar-refractivity contribution in [2.75, 3.05) is 21.2 Å². The van der Waals surface area contributed by atoms with Crippen molar-refractivity contribution in [1.82, 2.24) is 15.2 Å². The molecule has 0 unspecified atom stereocenters. The third-order valence-electron chi connectivity index (χ3n) is 5.83. The zero-order chi connectivity index (χ0) is 25.8. The number of nitrogens with one attached hydrogen (secondary N) is 1. The van der Waals surface area contributed by atoms with E-state index < -0.39 is 0 Å². The highest BCUT2D eigenvalue weighted by atomic mass is 35.5. The van der Waals surface area contributed by atoms with E-state index in [4.69, 9.17) is 21.3 Å². The van der Waals surface area contributed by atoms with Gasteiger partial charge in [0, 0.05) is 28.6 Å². The Morgan fingerprint density at radius 3 is 2.50 bits per heavy atom. The van der Waals surface area contributed by atoms with Crippen LogP contribution in [-0.2, 0) is 17.8 Å². The van der Waals surface area contributed by atoms with Crippen LogP contribution in [0.2, 0.25) is 5.02 Å². The number of fused-ring (bicyclic) bond motifs is 1. The van der Waals surface area contributed by atoms with Gasteiger partial charge in [-0.05, 0) is 98.7 Å². The van der Waals surface area contributed by atoms with Gasteiger partial charge >= 0.3 is 0 Å². The number of carbonyl (C=O) groups excluding carboxylic acids is 1. The Balaban J connectivity index is 1.82. The van der Waals surface area contributed by atoms with Crippen molar-refractivity contribution in [3.05, 3.63) is 82.9 Å². The summed E-state index contributed by atoms with van der Waals surface area (Å²) in [6.45, 7) is 4.73. The molecular weight excluding hydrogens is 470 g/mol. The Morgan fingerprint density at radius 2 is 1.81 bits per heavy atom. The lowest BCUT2D eigenvalue weighted by molar-refractivity contribution is -0.120. The van der Waals surface area contributed by atoms with Gasteiger partial charge in [-0.1, -0.05) is 29.8 Å². The van der Waals surface area contributed by atoms with E-state index in [2.05, 4.69) is 54.6 Å². The van der Waals surface area contributed by atoms with Crippen LogP contribution in [0, 0.1) is 0 Å². The molecule has 0 fully saturated rings. The first-order valence-electron chi connectivity index (χ1n) is 12.0. The number of halogens is 1. The van der Waals surface area contributed by atoms with E-state index >= 15 is 0 Å². The lowest BCUT2D eigenvalue weighted by atomic mass is 9.97. The summed E-state index contributed by atoms with van der Waals surface area (Å²) in [5.74, 6) is 0.789. The first-order valence-corrected chi connectivity index (χ1v) is 12.4. The largest absolute Gasteiger partial charge is 0.497 e. The van der Waals surface area contributed by atoms with Gasteiger partial charge in [0.05, 0.1) is 24.7 Å². The van der Waals surface area contributed by atoms with Crippen LogP contribution < -0.4 is 10.1 Å². The van der Waals surface area contributed by atoms with Crippen molar-refractivity contribution in [2.24, 2.45) is 0 Å². The van der Waals surface area contributed by atoms with Crippen molar-refractivity contribution < 1.29 is 9.53 Å². The highest BCUT2D eigenvalue weighted by Crippen LogP contribution is 2.32. The second kappa shape index (κ2) is 11.1. The number of hydrogen-bond donors (Lipinski definition) is 1. The first kappa shape index (κ1) is 25.7. The van der Waals surface area contributed by atoms with Crippen molar-refractivity contribution in [3.8, 4) is 28.1 Å². The van der Waals surface area contributed by atoms with Crippen LogP contribution in [0.1, 0.15) is 25.0 Å². The van der Waals surface area contributed by atoms with E-state index in [1.54, 1.807) is 7.11 Å². The van der Waals surface area contributed by atoms with Crippen LogP contribution in [0.25, 0.3) is 33.3 Å². The van der Waals surface area contributed by atoms with E-state index in [1.807, 2.05) is 50.2 Å². The average Bonchev–Trinajstić information content (AvgIpc) is 2.82. The summed E-state index contributed by atoms with van der Waals surface area (Å²) in [6.07, 6.45) is 0.235. The molecule has 0 radical (unpaired) electrons. The van der Waals surface area contributed by atoms with E-state index in [1.165, 1.54) is 5.56 Å². The minimum Gasteiger partial charge on any atom is -0.497 e. The third kappa shape index (κ3) is 6.23. The van der Waals surface area contributed by atoms with Crippen LogP contribution in [0.4, 0.5) is 0 Å². The number of aromatic nitrogens is 1. The van der Waals surface area contributed by atoms with E-state index in [9.17, 15) is 4.79 Å². The lowest BCUT2D eigenvalue weighted by Gasteiger charge is -2.15. The van der Waals surface area contributed by atoms with Crippen LogP contribution in [-0.4, -0.2) is 43.0 Å². The second-order valence-electron chi connectivity index (χ2n) is 9.62. The minimum atomic E-state index is -0.0355. The van der Waals surface area contributed by atoms with Gasteiger partial charge in [-0.15, -0.1) is 0 Å². The topological polar surface area (TPSA) is 54.5 Å². The monoisotopic (exact) mass is 501 g/mol. The van der Waals surface area contributed by atoms with E-state index in [0.29, 0.717) is 5.02 Å². The number of benzene rings is 3. The number of rotatable bonds is 8. The minimum absolute atomic E-state index is 0.0355. The molecule has 186 valence electrons. The third-order valence-corrected chi connectivity index (χ3v) is 6.06. The molecule has 0 aliphatic heterocycles. The maximum Gasteiger partial charge on any atom is 0.224 e. The molecule has 0 bridgehead atoms. The molecule has 0 saturated heterocycles. The summed E-state index contributed by atoms with van der Waals surface area (Å²) < 4.78 is 5.57. The van der Waals surface area contributed by atoms with Gasteiger partial charge in [0.2, 0.25) is 5.91 Å². The highest BCUT2D eigenvalue weighted by Gasteiger charge is 2.15. The SMILES string of the molecule is COc1cc(CN(C)C)cc(-c2ccc3nc(-c4cccc(Cl)c4)c(CC(=O)NC(C)C)cc3c2)c1. The number of pyridine rings is 1. The normalized spacial score (nSPS) is 11.3. The Morgan fingerprint density at radius 1 is 1.00 bits per heavy atom. The molecule has 5 nitrogen and oxygen atoms in total. The molecule has 6 heteroatoms. The fourth-order valence-electron chi connectivity index (χ4n) is 4.37. The molecule has 36 heavy (non-hydrogen) atoms. The van der Waals surface area contributed by atoms with Gasteiger partial charge in [-0.2, -0.15) is 0 Å². The standard InChI is InChI=1S/C30H32ClN3O2/c1-19(2)32-29(35)17-25-14-24-13-21(23-11-20(18-34(3)4)12-27(16-23)36-5)9-10-28(24)33-30(25)22-7-6-8-26(31)15-22/h6-16,19H,17-18H2,1-5H3,(H,32,35). The van der Waals surface area contributed by atoms with Gasteiger partial charge in [-0.3, -0.25) is 4.79 Å². The second-order valence-corrected chi connectivity index (χ2v) is 10.1. The molecule has 0 aliphatic rings. The van der Waals surface area contributed by atoms with E-state index in [0.717, 1.165) is 51.1 Å². The number of carbonyl (C=O) groups is 1. The molecule has 1 aromatic heterocycles. The van der Waals surface area contributed by atoms with E-state index in [-0.39, 0.29) is 18.4 Å². The van der Waals surface area contributed by atoms with Crippen LogP contribution in [0.3, 0.4) is 0 Å². The maximum atomic E-state index is 12.7. The zero-order valence-electron chi connectivity index (χ0n) is 21.4. The van der Waals surface area contributed by atoms with Gasteiger partial charge < -0.3 is 15.0 Å². The molecular formula is C30H32ClN3O2. The van der Waals surface area contributed by atoms with Crippen LogP contribution >= 0.6 is 11.6 Å². The smallest absolute Gasteiger partial charge is 0.224 e. The predicted octanol–water partition coefficient (Wildman–Crippen LogP) is 6.36. The lowest BCUT2D eigenvalue weighted by Crippen LogP contribution is -2.31. The van der Waals surface area contributed by atoms with Crippen LogP contribution in [0.5, 0.6) is 5.75 Å². The Labute approximate surface area is 218 Å². The molecule has 1 N–H and O–H groups in total. The Kier molecular flexibility index (Phi) is 7.92. The molecule has 3 aromatic carbocycles. The fraction of sp³-hybridized carbons (Fsp3) is 0.267. The predicted molar refractivity (Wildman–Crippen MR) is 149 cm³/mol. The van der Waals surface area contributed by atoms with Crippen molar-refractivity contribution in [1.29, 1.82) is 0 Å².